The van der Waals surface area contributed by atoms with Crippen molar-refractivity contribution in [3.05, 3.63) is 0 Å². The van der Waals surface area contributed by atoms with Crippen LogP contribution in [0.3, 0.4) is 0 Å². The van der Waals surface area contributed by atoms with E-state index < -0.39 is 0 Å². The molecule has 2 amide bonds. The molecule has 2 heterocycles. The molecule has 4 atom stereocenters. The maximum atomic E-state index is 12.7. The summed E-state index contributed by atoms with van der Waals surface area (Å²) in [6.45, 7) is 10.3. The molecule has 2 saturated heterocycles. The molecular weight excluding hydrogens is 316 g/mol. The number of rotatable bonds is 4. The lowest BCUT2D eigenvalue weighted by atomic mass is 9.80. The number of hydrogen-bond acceptors (Lipinski definition) is 4. The molecule has 142 valence electrons. The Morgan fingerprint density at radius 2 is 1.92 bits per heavy atom. The molecular formula is C19H34N4O2. The van der Waals surface area contributed by atoms with E-state index in [1.54, 1.807) is 0 Å². The first kappa shape index (κ1) is 18.6. The molecule has 0 aromatic rings. The van der Waals surface area contributed by atoms with Gasteiger partial charge in [-0.25, -0.2) is 5.43 Å². The Balaban J connectivity index is 1.59. The third-order valence-electron chi connectivity index (χ3n) is 6.52. The fourth-order valence-electron chi connectivity index (χ4n) is 4.88. The van der Waals surface area contributed by atoms with Gasteiger partial charge >= 0.3 is 0 Å². The fourth-order valence-corrected chi connectivity index (χ4v) is 4.88. The van der Waals surface area contributed by atoms with E-state index in [9.17, 15) is 9.59 Å². The normalized spacial score (nSPS) is 35.1. The molecule has 6 heteroatoms. The van der Waals surface area contributed by atoms with E-state index in [1.807, 2.05) is 0 Å². The van der Waals surface area contributed by atoms with E-state index in [4.69, 9.17) is 0 Å². The van der Waals surface area contributed by atoms with Gasteiger partial charge in [0.25, 0.3) is 0 Å². The summed E-state index contributed by atoms with van der Waals surface area (Å²) in [6, 6.07) is 0.105. The molecule has 0 radical (unpaired) electrons. The molecule has 2 aliphatic heterocycles. The van der Waals surface area contributed by atoms with Crippen molar-refractivity contribution in [2.45, 2.75) is 52.5 Å². The number of hydrogen-bond donors (Lipinski definition) is 2. The molecule has 0 aromatic carbocycles. The SMILES string of the molecule is CC(C)C1C(=O)NNCC1N1CCN(CC2CCCCC2C)C(=O)C1. The van der Waals surface area contributed by atoms with Gasteiger partial charge in [0.05, 0.1) is 12.5 Å². The van der Waals surface area contributed by atoms with Gasteiger partial charge in [0.1, 0.15) is 0 Å². The monoisotopic (exact) mass is 350 g/mol. The second-order valence-electron chi connectivity index (χ2n) is 8.54. The molecule has 2 N–H and O–H groups in total. The number of nitrogens with one attached hydrogen (secondary N) is 2. The lowest BCUT2D eigenvalue weighted by Crippen LogP contribution is -2.65. The molecule has 1 saturated carbocycles. The molecule has 3 aliphatic rings. The smallest absolute Gasteiger partial charge is 0.239 e. The van der Waals surface area contributed by atoms with Crippen LogP contribution in [0.2, 0.25) is 0 Å². The van der Waals surface area contributed by atoms with E-state index in [1.165, 1.54) is 25.7 Å². The average molecular weight is 351 g/mol. The summed E-state index contributed by atoms with van der Waals surface area (Å²) in [7, 11) is 0. The number of piperazine rings is 1. The second-order valence-corrected chi connectivity index (χ2v) is 8.54. The van der Waals surface area contributed by atoms with Crippen LogP contribution in [-0.2, 0) is 9.59 Å². The summed E-state index contributed by atoms with van der Waals surface area (Å²) in [6.07, 6.45) is 5.21. The summed E-state index contributed by atoms with van der Waals surface area (Å²) >= 11 is 0. The molecule has 25 heavy (non-hydrogen) atoms. The Kier molecular flexibility index (Phi) is 6.00. The van der Waals surface area contributed by atoms with Crippen LogP contribution in [0.15, 0.2) is 0 Å². The highest BCUT2D eigenvalue weighted by Gasteiger charge is 2.40. The molecule has 0 spiro atoms. The fraction of sp³-hybridized carbons (Fsp3) is 0.895. The van der Waals surface area contributed by atoms with Crippen LogP contribution in [0, 0.1) is 23.7 Å². The van der Waals surface area contributed by atoms with Crippen molar-refractivity contribution >= 4 is 11.8 Å². The van der Waals surface area contributed by atoms with Crippen molar-refractivity contribution in [1.82, 2.24) is 20.7 Å². The zero-order valence-electron chi connectivity index (χ0n) is 16.0. The maximum absolute atomic E-state index is 12.7. The zero-order chi connectivity index (χ0) is 18.0. The van der Waals surface area contributed by atoms with Gasteiger partial charge in [-0.2, -0.15) is 0 Å². The van der Waals surface area contributed by atoms with Gasteiger partial charge in [-0.3, -0.25) is 19.9 Å². The van der Waals surface area contributed by atoms with Crippen molar-refractivity contribution in [2.75, 3.05) is 32.7 Å². The quantitative estimate of drug-likeness (QED) is 0.800. The minimum atomic E-state index is -0.0565. The summed E-state index contributed by atoms with van der Waals surface area (Å²) in [4.78, 5) is 29.3. The molecule has 0 bridgehead atoms. The Morgan fingerprint density at radius 3 is 2.60 bits per heavy atom. The van der Waals surface area contributed by atoms with Crippen molar-refractivity contribution in [2.24, 2.45) is 23.7 Å². The van der Waals surface area contributed by atoms with Crippen molar-refractivity contribution in [3.63, 3.8) is 0 Å². The van der Waals surface area contributed by atoms with Crippen LogP contribution < -0.4 is 10.9 Å². The summed E-state index contributed by atoms with van der Waals surface area (Å²) in [5.74, 6) is 1.89. The first-order valence-corrected chi connectivity index (χ1v) is 10.0. The highest BCUT2D eigenvalue weighted by Crippen LogP contribution is 2.31. The minimum Gasteiger partial charge on any atom is -0.340 e. The van der Waals surface area contributed by atoms with Gasteiger partial charge in [-0.15, -0.1) is 0 Å². The third kappa shape index (κ3) is 4.17. The standard InChI is InChI=1S/C19H34N4O2/c1-13(2)18-16(10-20-21-19(18)25)22-8-9-23(17(24)12-22)11-15-7-5-4-6-14(15)3/h13-16,18,20H,4-12H2,1-3H3,(H,21,25). The average Bonchev–Trinajstić information content (AvgIpc) is 2.58. The van der Waals surface area contributed by atoms with Gasteiger partial charge in [0.15, 0.2) is 0 Å². The second kappa shape index (κ2) is 8.04. The maximum Gasteiger partial charge on any atom is 0.239 e. The highest BCUT2D eigenvalue weighted by molar-refractivity contribution is 5.81. The Morgan fingerprint density at radius 1 is 1.16 bits per heavy atom. The van der Waals surface area contributed by atoms with Crippen LogP contribution in [0.25, 0.3) is 0 Å². The highest BCUT2D eigenvalue weighted by atomic mass is 16.2. The lowest BCUT2D eigenvalue weighted by Gasteiger charge is -2.45. The first-order chi connectivity index (χ1) is 12.0. The van der Waals surface area contributed by atoms with Crippen LogP contribution in [0.5, 0.6) is 0 Å². The van der Waals surface area contributed by atoms with E-state index >= 15 is 0 Å². The van der Waals surface area contributed by atoms with Crippen LogP contribution >= 0.6 is 0 Å². The van der Waals surface area contributed by atoms with E-state index in [2.05, 4.69) is 41.4 Å². The van der Waals surface area contributed by atoms with Gasteiger partial charge in [0.2, 0.25) is 11.8 Å². The summed E-state index contributed by atoms with van der Waals surface area (Å²) in [5.41, 5.74) is 5.75. The number of carbonyl (C=O) groups excluding carboxylic acids is 2. The number of carbonyl (C=O) groups is 2. The number of amides is 2. The van der Waals surface area contributed by atoms with Crippen LogP contribution in [0.4, 0.5) is 0 Å². The van der Waals surface area contributed by atoms with E-state index in [-0.39, 0.29) is 29.7 Å². The van der Waals surface area contributed by atoms with E-state index in [0.29, 0.717) is 19.0 Å². The summed E-state index contributed by atoms with van der Waals surface area (Å²) < 4.78 is 0. The van der Waals surface area contributed by atoms with Gasteiger partial charge in [-0.05, 0) is 24.2 Å². The molecule has 4 unspecified atom stereocenters. The first-order valence-electron chi connectivity index (χ1n) is 10.0. The summed E-state index contributed by atoms with van der Waals surface area (Å²) in [5, 5.41) is 0. The Labute approximate surface area is 151 Å². The van der Waals surface area contributed by atoms with Crippen molar-refractivity contribution in [1.29, 1.82) is 0 Å². The van der Waals surface area contributed by atoms with Gasteiger partial charge < -0.3 is 4.90 Å². The van der Waals surface area contributed by atoms with Gasteiger partial charge in [-0.1, -0.05) is 40.0 Å². The topological polar surface area (TPSA) is 64.7 Å². The van der Waals surface area contributed by atoms with Crippen LogP contribution in [0.1, 0.15) is 46.5 Å². The number of hydrazine groups is 1. The molecule has 3 fully saturated rings. The Hall–Kier alpha value is -1.14. The van der Waals surface area contributed by atoms with Crippen molar-refractivity contribution in [3.8, 4) is 0 Å². The number of nitrogens with zero attached hydrogens (tertiary/aromatic N) is 2. The van der Waals surface area contributed by atoms with E-state index in [0.717, 1.165) is 25.6 Å². The minimum absolute atomic E-state index is 0.0529. The van der Waals surface area contributed by atoms with Crippen LogP contribution in [-0.4, -0.2) is 60.4 Å². The lowest BCUT2D eigenvalue weighted by molar-refractivity contribution is -0.143. The molecule has 0 aromatic heterocycles. The predicted octanol–water partition coefficient (Wildman–Crippen LogP) is 1.23. The van der Waals surface area contributed by atoms with Crippen molar-refractivity contribution < 1.29 is 9.59 Å². The molecule has 6 nitrogen and oxygen atoms in total. The molecule has 3 rings (SSSR count). The third-order valence-corrected chi connectivity index (χ3v) is 6.52. The molecule has 1 aliphatic carbocycles. The zero-order valence-corrected chi connectivity index (χ0v) is 16.0. The largest absolute Gasteiger partial charge is 0.340 e. The predicted molar refractivity (Wildman–Crippen MR) is 97.5 cm³/mol. The van der Waals surface area contributed by atoms with Gasteiger partial charge in [0, 0.05) is 32.2 Å². The Bertz CT molecular complexity index is 496.